The van der Waals surface area contributed by atoms with Gasteiger partial charge in [-0.15, -0.1) is 0 Å². The van der Waals surface area contributed by atoms with Crippen LogP contribution in [-0.2, 0) is 13.0 Å². The molecular formula is C11H12O2. The summed E-state index contributed by atoms with van der Waals surface area (Å²) in [5.41, 5.74) is 2.97. The number of benzene rings is 1. The molecule has 0 aliphatic carbocycles. The molecule has 0 saturated heterocycles. The summed E-state index contributed by atoms with van der Waals surface area (Å²) in [5.74, 6) is 0. The zero-order chi connectivity index (χ0) is 9.26. The molecule has 0 aliphatic rings. The minimum atomic E-state index is 0.0418. The van der Waals surface area contributed by atoms with Gasteiger partial charge < -0.3 is 9.52 Å². The molecule has 2 aromatic rings. The smallest absolute Gasteiger partial charge is 0.137 e. The van der Waals surface area contributed by atoms with Crippen molar-refractivity contribution in [3.63, 3.8) is 0 Å². The molecule has 1 heterocycles. The van der Waals surface area contributed by atoms with E-state index < -0.39 is 0 Å². The SMILES string of the molecule is CCc1cccc2c(CO)coc12. The second-order valence-electron chi connectivity index (χ2n) is 3.07. The Morgan fingerprint density at radius 2 is 2.15 bits per heavy atom. The van der Waals surface area contributed by atoms with Crippen LogP contribution in [0.4, 0.5) is 0 Å². The van der Waals surface area contributed by atoms with Gasteiger partial charge in [-0.1, -0.05) is 25.1 Å². The van der Waals surface area contributed by atoms with Gasteiger partial charge in [-0.25, -0.2) is 0 Å². The van der Waals surface area contributed by atoms with Crippen molar-refractivity contribution in [1.29, 1.82) is 0 Å². The van der Waals surface area contributed by atoms with Crippen molar-refractivity contribution < 1.29 is 9.52 Å². The molecule has 13 heavy (non-hydrogen) atoms. The summed E-state index contributed by atoms with van der Waals surface area (Å²) < 4.78 is 5.40. The summed E-state index contributed by atoms with van der Waals surface area (Å²) in [6.45, 7) is 2.13. The second kappa shape index (κ2) is 3.23. The van der Waals surface area contributed by atoms with Crippen LogP contribution in [0.3, 0.4) is 0 Å². The monoisotopic (exact) mass is 176 g/mol. The molecular weight excluding hydrogens is 164 g/mol. The van der Waals surface area contributed by atoms with Crippen molar-refractivity contribution in [3.8, 4) is 0 Å². The Labute approximate surface area is 76.8 Å². The van der Waals surface area contributed by atoms with Gasteiger partial charge in [0, 0.05) is 10.9 Å². The highest BCUT2D eigenvalue weighted by Crippen LogP contribution is 2.24. The second-order valence-corrected chi connectivity index (χ2v) is 3.07. The van der Waals surface area contributed by atoms with E-state index in [-0.39, 0.29) is 6.61 Å². The average Bonchev–Trinajstić information content (AvgIpc) is 2.60. The zero-order valence-electron chi connectivity index (χ0n) is 7.58. The van der Waals surface area contributed by atoms with Crippen molar-refractivity contribution in [3.05, 3.63) is 35.6 Å². The Kier molecular flexibility index (Phi) is 2.07. The van der Waals surface area contributed by atoms with Gasteiger partial charge in [0.25, 0.3) is 0 Å². The van der Waals surface area contributed by atoms with Crippen LogP contribution < -0.4 is 0 Å². The zero-order valence-corrected chi connectivity index (χ0v) is 7.58. The first-order chi connectivity index (χ1) is 6.36. The van der Waals surface area contributed by atoms with E-state index in [1.807, 2.05) is 18.2 Å². The molecule has 1 aromatic carbocycles. The van der Waals surface area contributed by atoms with Gasteiger partial charge in [0.05, 0.1) is 12.9 Å². The predicted molar refractivity (Wildman–Crippen MR) is 51.5 cm³/mol. The van der Waals surface area contributed by atoms with Crippen LogP contribution in [0.25, 0.3) is 11.0 Å². The molecule has 0 spiro atoms. The Bertz CT molecular complexity index is 415. The van der Waals surface area contributed by atoms with Crippen molar-refractivity contribution in [2.45, 2.75) is 20.0 Å². The summed E-state index contributed by atoms with van der Waals surface area (Å²) in [5, 5.41) is 10.1. The Balaban J connectivity index is 2.72. The van der Waals surface area contributed by atoms with Crippen molar-refractivity contribution in [2.24, 2.45) is 0 Å². The number of aryl methyl sites for hydroxylation is 1. The van der Waals surface area contributed by atoms with Gasteiger partial charge in [-0.2, -0.15) is 0 Å². The molecule has 2 heteroatoms. The Morgan fingerprint density at radius 3 is 2.85 bits per heavy atom. The lowest BCUT2D eigenvalue weighted by molar-refractivity contribution is 0.281. The number of furan rings is 1. The van der Waals surface area contributed by atoms with E-state index >= 15 is 0 Å². The average molecular weight is 176 g/mol. The largest absolute Gasteiger partial charge is 0.464 e. The molecule has 0 bridgehead atoms. The highest BCUT2D eigenvalue weighted by Gasteiger charge is 2.06. The highest BCUT2D eigenvalue weighted by molar-refractivity contribution is 5.83. The topological polar surface area (TPSA) is 33.4 Å². The van der Waals surface area contributed by atoms with Crippen LogP contribution in [0.15, 0.2) is 28.9 Å². The summed E-state index contributed by atoms with van der Waals surface area (Å²) in [4.78, 5) is 0. The van der Waals surface area contributed by atoms with Crippen LogP contribution in [0, 0.1) is 0 Å². The highest BCUT2D eigenvalue weighted by atomic mass is 16.3. The first kappa shape index (κ1) is 8.32. The number of hydrogen-bond acceptors (Lipinski definition) is 2. The van der Waals surface area contributed by atoms with Gasteiger partial charge in [-0.3, -0.25) is 0 Å². The molecule has 0 amide bonds. The molecule has 0 saturated carbocycles. The third kappa shape index (κ3) is 1.23. The number of aliphatic hydroxyl groups excluding tert-OH is 1. The fourth-order valence-electron chi connectivity index (χ4n) is 1.57. The number of fused-ring (bicyclic) bond motifs is 1. The van der Waals surface area contributed by atoms with Crippen LogP contribution in [0.5, 0.6) is 0 Å². The van der Waals surface area contributed by atoms with E-state index in [0.29, 0.717) is 0 Å². The standard InChI is InChI=1S/C11H12O2/c1-2-8-4-3-5-10-9(6-12)7-13-11(8)10/h3-5,7,12H,2,6H2,1H3. The Hall–Kier alpha value is -1.28. The van der Waals surface area contributed by atoms with Gasteiger partial charge in [0.2, 0.25) is 0 Å². The van der Waals surface area contributed by atoms with Crippen molar-refractivity contribution >= 4 is 11.0 Å². The fraction of sp³-hybridized carbons (Fsp3) is 0.273. The van der Waals surface area contributed by atoms with E-state index in [1.54, 1.807) is 6.26 Å². The lowest BCUT2D eigenvalue weighted by Gasteiger charge is -1.97. The van der Waals surface area contributed by atoms with E-state index in [2.05, 4.69) is 6.92 Å². The molecule has 0 fully saturated rings. The third-order valence-corrected chi connectivity index (χ3v) is 2.31. The quantitative estimate of drug-likeness (QED) is 0.762. The van der Waals surface area contributed by atoms with Crippen LogP contribution in [0.2, 0.25) is 0 Å². The van der Waals surface area contributed by atoms with E-state index in [0.717, 1.165) is 23.0 Å². The number of aliphatic hydroxyl groups is 1. The van der Waals surface area contributed by atoms with E-state index in [9.17, 15) is 0 Å². The maximum atomic E-state index is 9.03. The summed E-state index contributed by atoms with van der Waals surface area (Å²) in [7, 11) is 0. The van der Waals surface area contributed by atoms with Gasteiger partial charge in [0.15, 0.2) is 0 Å². The van der Waals surface area contributed by atoms with Crippen LogP contribution in [-0.4, -0.2) is 5.11 Å². The van der Waals surface area contributed by atoms with Gasteiger partial charge >= 0.3 is 0 Å². The predicted octanol–water partition coefficient (Wildman–Crippen LogP) is 2.49. The van der Waals surface area contributed by atoms with E-state index in [4.69, 9.17) is 9.52 Å². The van der Waals surface area contributed by atoms with Crippen LogP contribution in [0.1, 0.15) is 18.1 Å². The molecule has 2 rings (SSSR count). The number of rotatable bonds is 2. The lowest BCUT2D eigenvalue weighted by atomic mass is 10.1. The minimum Gasteiger partial charge on any atom is -0.464 e. The van der Waals surface area contributed by atoms with Crippen LogP contribution >= 0.6 is 0 Å². The summed E-state index contributed by atoms with van der Waals surface area (Å²) in [6.07, 6.45) is 2.58. The maximum Gasteiger partial charge on any atom is 0.137 e. The number of hydrogen-bond donors (Lipinski definition) is 1. The van der Waals surface area contributed by atoms with E-state index in [1.165, 1.54) is 5.56 Å². The van der Waals surface area contributed by atoms with Crippen molar-refractivity contribution in [1.82, 2.24) is 0 Å². The normalized spacial score (nSPS) is 10.9. The molecule has 0 aliphatic heterocycles. The molecule has 0 unspecified atom stereocenters. The fourth-order valence-corrected chi connectivity index (χ4v) is 1.57. The summed E-state index contributed by atoms with van der Waals surface area (Å²) in [6, 6.07) is 6.02. The van der Waals surface area contributed by atoms with Crippen molar-refractivity contribution in [2.75, 3.05) is 0 Å². The first-order valence-corrected chi connectivity index (χ1v) is 4.45. The maximum absolute atomic E-state index is 9.03. The van der Waals surface area contributed by atoms with Gasteiger partial charge in [-0.05, 0) is 12.0 Å². The molecule has 1 aromatic heterocycles. The summed E-state index contributed by atoms with van der Waals surface area (Å²) >= 11 is 0. The Morgan fingerprint density at radius 1 is 1.31 bits per heavy atom. The third-order valence-electron chi connectivity index (χ3n) is 2.31. The molecule has 2 nitrogen and oxygen atoms in total. The minimum absolute atomic E-state index is 0.0418. The number of para-hydroxylation sites is 1. The molecule has 1 N–H and O–H groups in total. The lowest BCUT2D eigenvalue weighted by Crippen LogP contribution is -1.82. The molecule has 0 atom stereocenters. The van der Waals surface area contributed by atoms with Gasteiger partial charge in [0.1, 0.15) is 5.58 Å². The first-order valence-electron chi connectivity index (χ1n) is 4.45. The molecule has 0 radical (unpaired) electrons. The molecule has 68 valence electrons.